The Hall–Kier alpha value is -1.79. The summed E-state index contributed by atoms with van der Waals surface area (Å²) in [6.45, 7) is 0. The largest absolute Gasteiger partial charge is 0.481 e. The third-order valence-electron chi connectivity index (χ3n) is 3.49. The molecular formula is C17H15Cl3N2O3. The number of carboxylic acid groups (broad SMARTS) is 1. The van der Waals surface area contributed by atoms with Crippen LogP contribution in [-0.4, -0.2) is 17.0 Å². The van der Waals surface area contributed by atoms with Gasteiger partial charge in [-0.2, -0.15) is 0 Å². The first-order valence-corrected chi connectivity index (χ1v) is 8.39. The van der Waals surface area contributed by atoms with Gasteiger partial charge in [0.1, 0.15) is 6.04 Å². The van der Waals surface area contributed by atoms with Crippen LogP contribution in [-0.2, 0) is 9.59 Å². The fourth-order valence-electron chi connectivity index (χ4n) is 2.29. The van der Waals surface area contributed by atoms with Gasteiger partial charge in [-0.15, -0.1) is 0 Å². The summed E-state index contributed by atoms with van der Waals surface area (Å²) in [5.74, 6) is -1.60. The van der Waals surface area contributed by atoms with E-state index in [1.54, 1.807) is 24.3 Å². The Kier molecular flexibility index (Phi) is 6.67. The summed E-state index contributed by atoms with van der Waals surface area (Å²) in [5.41, 5.74) is 7.00. The number of halogens is 3. The summed E-state index contributed by atoms with van der Waals surface area (Å²) in [7, 11) is 0. The molecule has 0 saturated heterocycles. The number of hydrogen-bond acceptors (Lipinski definition) is 3. The molecule has 2 atom stereocenters. The van der Waals surface area contributed by atoms with Crippen LogP contribution in [0.4, 0.5) is 0 Å². The van der Waals surface area contributed by atoms with E-state index in [0.717, 1.165) is 0 Å². The Morgan fingerprint density at radius 2 is 1.52 bits per heavy atom. The molecule has 0 saturated carbocycles. The molecule has 8 heteroatoms. The van der Waals surface area contributed by atoms with Crippen molar-refractivity contribution in [3.05, 3.63) is 68.7 Å². The zero-order valence-corrected chi connectivity index (χ0v) is 15.1. The molecule has 0 aliphatic heterocycles. The average Bonchev–Trinajstić information content (AvgIpc) is 2.52. The molecular weight excluding hydrogens is 387 g/mol. The Morgan fingerprint density at radius 1 is 0.960 bits per heavy atom. The van der Waals surface area contributed by atoms with Crippen LogP contribution in [0, 0.1) is 0 Å². The first kappa shape index (κ1) is 19.5. The molecule has 0 bridgehead atoms. The van der Waals surface area contributed by atoms with E-state index in [1.807, 2.05) is 0 Å². The second kappa shape index (κ2) is 8.54. The van der Waals surface area contributed by atoms with Gasteiger partial charge in [0.15, 0.2) is 0 Å². The lowest BCUT2D eigenvalue weighted by atomic mass is 10.0. The zero-order chi connectivity index (χ0) is 18.6. The van der Waals surface area contributed by atoms with E-state index in [0.29, 0.717) is 26.2 Å². The average molecular weight is 402 g/mol. The van der Waals surface area contributed by atoms with Gasteiger partial charge in [0.2, 0.25) is 5.91 Å². The summed E-state index contributed by atoms with van der Waals surface area (Å²) in [6.07, 6.45) is -0.295. The van der Waals surface area contributed by atoms with Crippen molar-refractivity contribution >= 4 is 46.7 Å². The fraction of sp³-hybridized carbons (Fsp3) is 0.176. The lowest BCUT2D eigenvalue weighted by Crippen LogP contribution is -2.37. The molecule has 0 radical (unpaired) electrons. The first-order chi connectivity index (χ1) is 11.8. The van der Waals surface area contributed by atoms with Crippen LogP contribution in [0.25, 0.3) is 0 Å². The van der Waals surface area contributed by atoms with Crippen molar-refractivity contribution in [2.45, 2.75) is 18.5 Å². The maximum atomic E-state index is 12.5. The number of nitrogens with one attached hydrogen (secondary N) is 1. The summed E-state index contributed by atoms with van der Waals surface area (Å²) in [5, 5.41) is 13.0. The van der Waals surface area contributed by atoms with Gasteiger partial charge in [0.05, 0.1) is 12.5 Å². The number of benzene rings is 2. The molecule has 0 fully saturated rings. The molecule has 0 heterocycles. The van der Waals surface area contributed by atoms with Crippen molar-refractivity contribution in [2.24, 2.45) is 5.73 Å². The van der Waals surface area contributed by atoms with Gasteiger partial charge < -0.3 is 16.2 Å². The third kappa shape index (κ3) is 5.61. The van der Waals surface area contributed by atoms with Gasteiger partial charge in [-0.25, -0.2) is 0 Å². The lowest BCUT2D eigenvalue weighted by Gasteiger charge is -2.20. The number of carbonyl (C=O) groups is 2. The lowest BCUT2D eigenvalue weighted by molar-refractivity contribution is -0.137. The van der Waals surface area contributed by atoms with Crippen LogP contribution < -0.4 is 11.1 Å². The number of carboxylic acids is 1. The second-order valence-corrected chi connectivity index (χ2v) is 6.70. The molecule has 0 aliphatic rings. The molecule has 4 N–H and O–H groups in total. The predicted molar refractivity (Wildman–Crippen MR) is 98.0 cm³/mol. The van der Waals surface area contributed by atoms with Gasteiger partial charge in [0.25, 0.3) is 0 Å². The molecule has 132 valence electrons. The maximum absolute atomic E-state index is 12.5. The number of amides is 1. The van der Waals surface area contributed by atoms with Crippen molar-refractivity contribution in [1.82, 2.24) is 5.32 Å². The topological polar surface area (TPSA) is 92.4 Å². The maximum Gasteiger partial charge on any atom is 0.305 e. The van der Waals surface area contributed by atoms with Crippen LogP contribution in [0.3, 0.4) is 0 Å². The van der Waals surface area contributed by atoms with E-state index in [2.05, 4.69) is 5.32 Å². The fourth-order valence-corrected chi connectivity index (χ4v) is 2.96. The molecule has 0 aromatic heterocycles. The molecule has 2 aromatic rings. The van der Waals surface area contributed by atoms with Crippen LogP contribution >= 0.6 is 34.8 Å². The zero-order valence-electron chi connectivity index (χ0n) is 12.9. The normalized spacial score (nSPS) is 13.1. The summed E-state index contributed by atoms with van der Waals surface area (Å²) >= 11 is 17.7. The molecule has 2 unspecified atom stereocenters. The van der Waals surface area contributed by atoms with Gasteiger partial charge in [0, 0.05) is 15.1 Å². The number of nitrogens with two attached hydrogens (primary N) is 1. The Balaban J connectivity index is 2.20. The smallest absolute Gasteiger partial charge is 0.305 e. The highest BCUT2D eigenvalue weighted by molar-refractivity contribution is 6.34. The first-order valence-electron chi connectivity index (χ1n) is 7.25. The minimum atomic E-state index is -1.06. The van der Waals surface area contributed by atoms with Crippen LogP contribution in [0.2, 0.25) is 15.1 Å². The van der Waals surface area contributed by atoms with Crippen LogP contribution in [0.15, 0.2) is 42.5 Å². The van der Waals surface area contributed by atoms with Crippen molar-refractivity contribution < 1.29 is 14.7 Å². The molecule has 5 nitrogen and oxygen atoms in total. The van der Waals surface area contributed by atoms with Gasteiger partial charge in [-0.1, -0.05) is 46.9 Å². The highest BCUT2D eigenvalue weighted by atomic mass is 35.5. The molecule has 0 spiro atoms. The SMILES string of the molecule is NC(C(=O)NC(CC(=O)O)c1ccc(Cl)cc1)c1cc(Cl)cc(Cl)c1. The van der Waals surface area contributed by atoms with E-state index >= 15 is 0 Å². The number of aliphatic carboxylic acids is 1. The van der Waals surface area contributed by atoms with E-state index in [9.17, 15) is 9.59 Å². The van der Waals surface area contributed by atoms with E-state index in [1.165, 1.54) is 18.2 Å². The summed E-state index contributed by atoms with van der Waals surface area (Å²) in [4.78, 5) is 23.6. The number of hydrogen-bond donors (Lipinski definition) is 3. The van der Waals surface area contributed by atoms with Crippen molar-refractivity contribution in [1.29, 1.82) is 0 Å². The molecule has 1 amide bonds. The second-order valence-electron chi connectivity index (χ2n) is 5.39. The van der Waals surface area contributed by atoms with Gasteiger partial charge in [-0.3, -0.25) is 9.59 Å². The molecule has 2 rings (SSSR count). The number of carbonyl (C=O) groups excluding carboxylic acids is 1. The van der Waals surface area contributed by atoms with Crippen molar-refractivity contribution in [2.75, 3.05) is 0 Å². The van der Waals surface area contributed by atoms with Crippen LogP contribution in [0.5, 0.6) is 0 Å². The van der Waals surface area contributed by atoms with Crippen molar-refractivity contribution in [3.8, 4) is 0 Å². The number of rotatable bonds is 6. The minimum absolute atomic E-state index is 0.295. The van der Waals surface area contributed by atoms with Crippen molar-refractivity contribution in [3.63, 3.8) is 0 Å². The molecule has 0 aliphatic carbocycles. The standard InChI is InChI=1S/C17H15Cl3N2O3/c18-11-3-1-9(2-4-11)14(8-15(23)24)22-17(25)16(21)10-5-12(19)7-13(20)6-10/h1-7,14,16H,8,21H2,(H,22,25)(H,23,24). The predicted octanol–water partition coefficient (Wildman–Crippen LogP) is 3.98. The minimum Gasteiger partial charge on any atom is -0.481 e. The Labute approximate surface area is 159 Å². The van der Waals surface area contributed by atoms with Gasteiger partial charge >= 0.3 is 5.97 Å². The highest BCUT2D eigenvalue weighted by Crippen LogP contribution is 2.24. The van der Waals surface area contributed by atoms with E-state index in [-0.39, 0.29) is 6.42 Å². The highest BCUT2D eigenvalue weighted by Gasteiger charge is 2.23. The Bertz CT molecular complexity index is 761. The van der Waals surface area contributed by atoms with Gasteiger partial charge in [-0.05, 0) is 41.5 Å². The molecule has 25 heavy (non-hydrogen) atoms. The molecule has 2 aromatic carbocycles. The van der Waals surface area contributed by atoms with Crippen LogP contribution in [0.1, 0.15) is 29.6 Å². The quantitative estimate of drug-likeness (QED) is 0.682. The summed E-state index contributed by atoms with van der Waals surface area (Å²) < 4.78 is 0. The summed E-state index contributed by atoms with van der Waals surface area (Å²) in [6, 6.07) is 9.35. The Morgan fingerprint density at radius 3 is 2.04 bits per heavy atom. The third-order valence-corrected chi connectivity index (χ3v) is 4.18. The van der Waals surface area contributed by atoms with E-state index in [4.69, 9.17) is 45.6 Å². The monoisotopic (exact) mass is 400 g/mol. The van der Waals surface area contributed by atoms with E-state index < -0.39 is 24.0 Å².